The zero-order valence-electron chi connectivity index (χ0n) is 7.97. The summed E-state index contributed by atoms with van der Waals surface area (Å²) in [6, 6.07) is 1.01. The standard InChI is InChI=1S/C9H8ClF2NO3/c10-3-4-1-6(8(11)12)13-9(16)5(4)2-7(14)15/h1,8H,2-3H2,(H,13,16)(H,14,15). The van der Waals surface area contributed by atoms with Crippen LogP contribution in [-0.2, 0) is 17.1 Å². The van der Waals surface area contributed by atoms with Gasteiger partial charge in [-0.15, -0.1) is 11.6 Å². The fraction of sp³-hybridized carbons (Fsp3) is 0.333. The summed E-state index contributed by atoms with van der Waals surface area (Å²) in [4.78, 5) is 23.7. The van der Waals surface area contributed by atoms with Crippen LogP contribution in [0, 0.1) is 0 Å². The van der Waals surface area contributed by atoms with Crippen molar-refractivity contribution in [2.24, 2.45) is 0 Å². The molecule has 0 fully saturated rings. The molecule has 0 aliphatic rings. The van der Waals surface area contributed by atoms with Crippen LogP contribution < -0.4 is 5.56 Å². The Balaban J connectivity index is 3.28. The van der Waals surface area contributed by atoms with E-state index < -0.39 is 30.1 Å². The van der Waals surface area contributed by atoms with Gasteiger partial charge in [-0.05, 0) is 11.6 Å². The molecule has 0 amide bonds. The zero-order valence-corrected chi connectivity index (χ0v) is 8.72. The highest BCUT2D eigenvalue weighted by Gasteiger charge is 2.16. The largest absolute Gasteiger partial charge is 0.481 e. The molecule has 0 spiro atoms. The van der Waals surface area contributed by atoms with E-state index in [1.165, 1.54) is 0 Å². The van der Waals surface area contributed by atoms with Gasteiger partial charge in [0.25, 0.3) is 12.0 Å². The van der Waals surface area contributed by atoms with Crippen LogP contribution in [0.15, 0.2) is 10.9 Å². The minimum absolute atomic E-state index is 0.0908. The number of aromatic nitrogens is 1. The van der Waals surface area contributed by atoms with Crippen molar-refractivity contribution >= 4 is 17.6 Å². The molecule has 0 radical (unpaired) electrons. The minimum atomic E-state index is -2.83. The summed E-state index contributed by atoms with van der Waals surface area (Å²) in [6.07, 6.45) is -3.37. The summed E-state index contributed by atoms with van der Waals surface area (Å²) >= 11 is 5.47. The van der Waals surface area contributed by atoms with Crippen molar-refractivity contribution in [3.05, 3.63) is 33.2 Å². The average Bonchev–Trinajstić information content (AvgIpc) is 2.19. The lowest BCUT2D eigenvalue weighted by molar-refractivity contribution is -0.136. The summed E-state index contributed by atoms with van der Waals surface area (Å²) in [6.45, 7) is 0. The van der Waals surface area contributed by atoms with Gasteiger partial charge in [0.1, 0.15) is 0 Å². The number of hydrogen-bond donors (Lipinski definition) is 2. The smallest absolute Gasteiger partial charge is 0.308 e. The molecule has 4 nitrogen and oxygen atoms in total. The highest BCUT2D eigenvalue weighted by atomic mass is 35.5. The molecule has 7 heteroatoms. The second-order valence-electron chi connectivity index (χ2n) is 3.06. The summed E-state index contributed by atoms with van der Waals surface area (Å²) in [5, 5.41) is 8.55. The summed E-state index contributed by atoms with van der Waals surface area (Å²) in [5.41, 5.74) is -1.37. The molecule has 2 N–H and O–H groups in total. The number of carboxylic acid groups (broad SMARTS) is 1. The van der Waals surface area contributed by atoms with Crippen molar-refractivity contribution in [1.29, 1.82) is 0 Å². The third kappa shape index (κ3) is 2.79. The van der Waals surface area contributed by atoms with Crippen molar-refractivity contribution in [1.82, 2.24) is 4.98 Å². The Morgan fingerprint density at radius 2 is 2.19 bits per heavy atom. The first-order valence-electron chi connectivity index (χ1n) is 4.26. The van der Waals surface area contributed by atoms with Gasteiger partial charge in [0.05, 0.1) is 12.1 Å². The van der Waals surface area contributed by atoms with Crippen molar-refractivity contribution in [3.63, 3.8) is 0 Å². The van der Waals surface area contributed by atoms with Gasteiger partial charge in [-0.3, -0.25) is 9.59 Å². The van der Waals surface area contributed by atoms with E-state index in [-0.39, 0.29) is 17.0 Å². The van der Waals surface area contributed by atoms with Gasteiger partial charge in [0.2, 0.25) is 0 Å². The Hall–Kier alpha value is -1.43. The molecule has 0 aliphatic heterocycles. The van der Waals surface area contributed by atoms with E-state index in [2.05, 4.69) is 0 Å². The highest BCUT2D eigenvalue weighted by molar-refractivity contribution is 6.17. The second kappa shape index (κ2) is 5.07. The van der Waals surface area contributed by atoms with Gasteiger partial charge >= 0.3 is 5.97 Å². The molecule has 0 saturated carbocycles. The normalized spacial score (nSPS) is 10.8. The van der Waals surface area contributed by atoms with Crippen LogP contribution in [0.5, 0.6) is 0 Å². The van der Waals surface area contributed by atoms with Gasteiger partial charge < -0.3 is 10.1 Å². The van der Waals surface area contributed by atoms with Gasteiger partial charge in [-0.1, -0.05) is 0 Å². The van der Waals surface area contributed by atoms with Crippen molar-refractivity contribution < 1.29 is 18.7 Å². The first-order chi connectivity index (χ1) is 7.45. The van der Waals surface area contributed by atoms with Crippen LogP contribution in [-0.4, -0.2) is 16.1 Å². The number of aromatic amines is 1. The molecule has 88 valence electrons. The van der Waals surface area contributed by atoms with Crippen molar-refractivity contribution in [2.45, 2.75) is 18.7 Å². The molecule has 16 heavy (non-hydrogen) atoms. The molecule has 0 aromatic carbocycles. The average molecular weight is 252 g/mol. The molecule has 0 bridgehead atoms. The third-order valence-electron chi connectivity index (χ3n) is 1.96. The van der Waals surface area contributed by atoms with Crippen LogP contribution in [0.25, 0.3) is 0 Å². The fourth-order valence-electron chi connectivity index (χ4n) is 1.25. The van der Waals surface area contributed by atoms with E-state index in [0.29, 0.717) is 0 Å². The lowest BCUT2D eigenvalue weighted by Crippen LogP contribution is -2.20. The van der Waals surface area contributed by atoms with E-state index >= 15 is 0 Å². The number of H-pyrrole nitrogens is 1. The van der Waals surface area contributed by atoms with Crippen LogP contribution >= 0.6 is 11.6 Å². The Bertz CT molecular complexity index is 459. The zero-order chi connectivity index (χ0) is 12.3. The molecule has 0 saturated heterocycles. The van der Waals surface area contributed by atoms with E-state index in [0.717, 1.165) is 6.07 Å². The number of rotatable bonds is 4. The van der Waals surface area contributed by atoms with Crippen LogP contribution in [0.1, 0.15) is 23.2 Å². The van der Waals surface area contributed by atoms with Crippen LogP contribution in [0.2, 0.25) is 0 Å². The number of nitrogens with one attached hydrogen (secondary N) is 1. The molecule has 1 aromatic rings. The lowest BCUT2D eigenvalue weighted by atomic mass is 10.1. The minimum Gasteiger partial charge on any atom is -0.481 e. The topological polar surface area (TPSA) is 70.2 Å². The Morgan fingerprint density at radius 1 is 1.56 bits per heavy atom. The predicted octanol–water partition coefficient (Wildman–Crippen LogP) is 1.68. The first kappa shape index (κ1) is 12.6. The molecule has 1 heterocycles. The van der Waals surface area contributed by atoms with Gasteiger partial charge in [0.15, 0.2) is 0 Å². The van der Waals surface area contributed by atoms with E-state index in [1.54, 1.807) is 0 Å². The molecular weight excluding hydrogens is 244 g/mol. The SMILES string of the molecule is O=C(O)Cc1c(CCl)cc(C(F)F)[nH]c1=O. The quantitative estimate of drug-likeness (QED) is 0.800. The second-order valence-corrected chi connectivity index (χ2v) is 3.33. The Morgan fingerprint density at radius 3 is 2.62 bits per heavy atom. The van der Waals surface area contributed by atoms with Crippen LogP contribution in [0.4, 0.5) is 8.78 Å². The number of hydrogen-bond acceptors (Lipinski definition) is 2. The summed E-state index contributed by atoms with van der Waals surface area (Å²) < 4.78 is 24.7. The number of halogens is 3. The van der Waals surface area contributed by atoms with E-state index in [4.69, 9.17) is 16.7 Å². The number of carboxylic acids is 1. The van der Waals surface area contributed by atoms with Crippen molar-refractivity contribution in [3.8, 4) is 0 Å². The summed E-state index contributed by atoms with van der Waals surface area (Å²) in [5.74, 6) is -1.41. The van der Waals surface area contributed by atoms with Crippen LogP contribution in [0.3, 0.4) is 0 Å². The van der Waals surface area contributed by atoms with Gasteiger partial charge in [0, 0.05) is 11.4 Å². The Kier molecular flexibility index (Phi) is 4.00. The lowest BCUT2D eigenvalue weighted by Gasteiger charge is -2.06. The maximum absolute atomic E-state index is 12.3. The number of pyridine rings is 1. The number of carbonyl (C=O) groups is 1. The molecule has 0 aliphatic carbocycles. The molecular formula is C9H8ClF2NO3. The molecule has 1 rings (SSSR count). The highest BCUT2D eigenvalue weighted by Crippen LogP contribution is 2.18. The summed E-state index contributed by atoms with van der Waals surface area (Å²) in [7, 11) is 0. The molecule has 1 aromatic heterocycles. The number of alkyl halides is 3. The third-order valence-corrected chi connectivity index (χ3v) is 2.24. The number of aliphatic carboxylic acids is 1. The maximum Gasteiger partial charge on any atom is 0.308 e. The monoisotopic (exact) mass is 251 g/mol. The Labute approximate surface area is 93.9 Å². The van der Waals surface area contributed by atoms with Gasteiger partial charge in [-0.25, -0.2) is 8.78 Å². The van der Waals surface area contributed by atoms with Crippen molar-refractivity contribution in [2.75, 3.05) is 0 Å². The first-order valence-corrected chi connectivity index (χ1v) is 4.80. The fourth-order valence-corrected chi connectivity index (χ4v) is 1.48. The molecule has 0 atom stereocenters. The molecule has 0 unspecified atom stereocenters. The predicted molar refractivity (Wildman–Crippen MR) is 52.9 cm³/mol. The van der Waals surface area contributed by atoms with E-state index in [1.807, 2.05) is 4.98 Å². The maximum atomic E-state index is 12.3. The van der Waals surface area contributed by atoms with Gasteiger partial charge in [-0.2, -0.15) is 0 Å². The van der Waals surface area contributed by atoms with E-state index in [9.17, 15) is 18.4 Å².